The Morgan fingerprint density at radius 2 is 1.79 bits per heavy atom. The number of nitrogens with one attached hydrogen (secondary N) is 1. The number of amides is 1. The van der Waals surface area contributed by atoms with Gasteiger partial charge in [-0.3, -0.25) is 14.9 Å². The topological polar surface area (TPSA) is 140 Å². The molecule has 0 fully saturated rings. The highest BCUT2D eigenvalue weighted by molar-refractivity contribution is 5.92. The fourth-order valence-electron chi connectivity index (χ4n) is 3.24. The van der Waals surface area contributed by atoms with Crippen molar-refractivity contribution in [3.8, 4) is 5.75 Å². The van der Waals surface area contributed by atoms with E-state index < -0.39 is 29.6 Å². The van der Waals surface area contributed by atoms with Crippen molar-refractivity contribution in [2.45, 2.75) is 45.1 Å². The molecular weight excluding hydrogens is 440 g/mol. The molecule has 1 amide bonds. The lowest BCUT2D eigenvalue weighted by molar-refractivity contribution is -0.384. The second kappa shape index (κ2) is 10.4. The number of hydrogen-bond donors (Lipinski definition) is 3. The van der Waals surface area contributed by atoms with Gasteiger partial charge in [-0.15, -0.1) is 0 Å². The van der Waals surface area contributed by atoms with Crippen LogP contribution in [0.3, 0.4) is 0 Å². The predicted octanol–water partition coefficient (Wildman–Crippen LogP) is 2.95. The second-order valence-corrected chi connectivity index (χ2v) is 8.84. The number of benzene rings is 2. The van der Waals surface area contributed by atoms with E-state index in [0.717, 1.165) is 0 Å². The summed E-state index contributed by atoms with van der Waals surface area (Å²) in [6.07, 6.45) is 0.315. The van der Waals surface area contributed by atoms with Crippen LogP contribution in [0.15, 0.2) is 60.8 Å². The van der Waals surface area contributed by atoms with Crippen molar-refractivity contribution in [3.63, 3.8) is 0 Å². The number of aromatic nitrogens is 2. The van der Waals surface area contributed by atoms with Gasteiger partial charge in [0.1, 0.15) is 17.5 Å². The lowest BCUT2D eigenvalue weighted by Gasteiger charge is -2.22. The Morgan fingerprint density at radius 3 is 2.35 bits per heavy atom. The number of nitro benzene ring substituents is 1. The van der Waals surface area contributed by atoms with Crippen LogP contribution in [0.2, 0.25) is 0 Å². The molecule has 3 N–H and O–H groups in total. The molecule has 3 aromatic rings. The fraction of sp³-hybridized carbons (Fsp3) is 0.333. The summed E-state index contributed by atoms with van der Waals surface area (Å²) in [6.45, 7) is 5.94. The molecule has 10 nitrogen and oxygen atoms in total. The van der Waals surface area contributed by atoms with Crippen molar-refractivity contribution >= 4 is 11.6 Å². The molecule has 180 valence electrons. The first-order chi connectivity index (χ1) is 16.1. The van der Waals surface area contributed by atoms with Crippen LogP contribution >= 0.6 is 0 Å². The minimum absolute atomic E-state index is 0.0429. The molecule has 3 rings (SSSR count). The van der Waals surface area contributed by atoms with Crippen LogP contribution in [-0.2, 0) is 12.1 Å². The molecule has 0 bridgehead atoms. The second-order valence-electron chi connectivity index (χ2n) is 8.84. The van der Waals surface area contributed by atoms with E-state index in [1.807, 2.05) is 24.3 Å². The summed E-state index contributed by atoms with van der Waals surface area (Å²) >= 11 is 0. The third-order valence-corrected chi connectivity index (χ3v) is 5.30. The van der Waals surface area contributed by atoms with Crippen molar-refractivity contribution in [1.82, 2.24) is 15.1 Å². The highest BCUT2D eigenvalue weighted by Gasteiger charge is 2.24. The zero-order valence-corrected chi connectivity index (χ0v) is 19.2. The van der Waals surface area contributed by atoms with Crippen molar-refractivity contribution in [2.75, 3.05) is 6.61 Å². The molecule has 0 aliphatic heterocycles. The molecule has 1 aromatic heterocycles. The van der Waals surface area contributed by atoms with E-state index >= 15 is 0 Å². The lowest BCUT2D eigenvalue weighted by Crippen LogP contribution is -2.42. The summed E-state index contributed by atoms with van der Waals surface area (Å²) in [5.41, 5.74) is 1.51. The number of hydrogen-bond acceptors (Lipinski definition) is 7. The van der Waals surface area contributed by atoms with Crippen LogP contribution in [0.1, 0.15) is 48.5 Å². The Labute approximate surface area is 197 Å². The van der Waals surface area contributed by atoms with Gasteiger partial charge in [0.15, 0.2) is 6.73 Å². The van der Waals surface area contributed by atoms with E-state index in [4.69, 9.17) is 4.74 Å². The number of rotatable bonds is 9. The van der Waals surface area contributed by atoms with Crippen molar-refractivity contribution in [3.05, 3.63) is 87.7 Å². The summed E-state index contributed by atoms with van der Waals surface area (Å²) in [6, 6.07) is 13.5. The van der Waals surface area contributed by atoms with Crippen LogP contribution in [-0.4, -0.2) is 43.5 Å². The highest BCUT2D eigenvalue weighted by atomic mass is 16.6. The molecule has 34 heavy (non-hydrogen) atoms. The van der Waals surface area contributed by atoms with Crippen molar-refractivity contribution in [2.24, 2.45) is 0 Å². The minimum atomic E-state index is -1.27. The number of ether oxygens (including phenoxy) is 1. The van der Waals surface area contributed by atoms with E-state index in [0.29, 0.717) is 11.3 Å². The van der Waals surface area contributed by atoms with Crippen LogP contribution in [0.5, 0.6) is 5.75 Å². The average Bonchev–Trinajstić information content (AvgIpc) is 3.29. The van der Waals surface area contributed by atoms with Crippen LogP contribution < -0.4 is 10.1 Å². The summed E-state index contributed by atoms with van der Waals surface area (Å²) < 4.78 is 7.17. The third-order valence-electron chi connectivity index (χ3n) is 5.30. The maximum atomic E-state index is 12.6. The number of nitrogens with zero attached hydrogens (tertiary/aromatic N) is 3. The average molecular weight is 469 g/mol. The first-order valence-electron chi connectivity index (χ1n) is 10.7. The minimum Gasteiger partial charge on any atom is -0.471 e. The third kappa shape index (κ3) is 6.18. The Morgan fingerprint density at radius 1 is 1.15 bits per heavy atom. The summed E-state index contributed by atoms with van der Waals surface area (Å²) in [5, 5.41) is 37.6. The van der Waals surface area contributed by atoms with E-state index in [-0.39, 0.29) is 23.5 Å². The standard InChI is InChI=1S/C24H28N4O6/c1-24(2,3)17-6-10-19(11-7-17)34-15-27-13-12-20(26-27)23(31)25-21(14-29)22(30)16-4-8-18(9-5-16)28(32)33/h4-13,21-22,29-30H,14-15H2,1-3H3,(H,25,31). The quantitative estimate of drug-likeness (QED) is 0.324. The van der Waals surface area contributed by atoms with Gasteiger partial charge in [0.05, 0.1) is 17.6 Å². The molecule has 0 aliphatic carbocycles. The largest absolute Gasteiger partial charge is 0.471 e. The van der Waals surface area contributed by atoms with E-state index in [1.54, 1.807) is 6.20 Å². The van der Waals surface area contributed by atoms with Gasteiger partial charge in [-0.05, 0) is 46.9 Å². The van der Waals surface area contributed by atoms with Crippen molar-refractivity contribution < 1.29 is 24.7 Å². The molecule has 0 spiro atoms. The number of aliphatic hydroxyl groups is 2. The molecule has 2 atom stereocenters. The van der Waals surface area contributed by atoms with Gasteiger partial charge in [-0.2, -0.15) is 5.10 Å². The number of non-ortho nitro benzene ring substituents is 1. The van der Waals surface area contributed by atoms with Gasteiger partial charge in [0.25, 0.3) is 11.6 Å². The van der Waals surface area contributed by atoms with E-state index in [2.05, 4.69) is 31.2 Å². The van der Waals surface area contributed by atoms with Gasteiger partial charge in [-0.1, -0.05) is 32.9 Å². The number of carbonyl (C=O) groups excluding carboxylic acids is 1. The van der Waals surface area contributed by atoms with Gasteiger partial charge in [0.2, 0.25) is 0 Å². The van der Waals surface area contributed by atoms with Crippen LogP contribution in [0.4, 0.5) is 5.69 Å². The zero-order chi connectivity index (χ0) is 24.9. The Balaban J connectivity index is 1.58. The molecule has 1 heterocycles. The Hall–Kier alpha value is -3.76. The maximum absolute atomic E-state index is 12.6. The monoisotopic (exact) mass is 468 g/mol. The van der Waals surface area contributed by atoms with Gasteiger partial charge < -0.3 is 20.3 Å². The Bertz CT molecular complexity index is 1120. The normalized spacial score (nSPS) is 13.2. The summed E-state index contributed by atoms with van der Waals surface area (Å²) in [4.78, 5) is 22.8. The smallest absolute Gasteiger partial charge is 0.272 e. The van der Waals surface area contributed by atoms with Gasteiger partial charge >= 0.3 is 0 Å². The Kier molecular flexibility index (Phi) is 7.64. The number of carbonyl (C=O) groups is 1. The fourth-order valence-corrected chi connectivity index (χ4v) is 3.24. The molecule has 0 aliphatic rings. The molecule has 2 aromatic carbocycles. The van der Waals surface area contributed by atoms with E-state index in [1.165, 1.54) is 40.6 Å². The van der Waals surface area contributed by atoms with Crippen LogP contribution in [0, 0.1) is 10.1 Å². The summed E-state index contributed by atoms with van der Waals surface area (Å²) in [5.74, 6) is 0.0781. The number of nitro groups is 1. The molecule has 10 heteroatoms. The molecule has 0 radical (unpaired) electrons. The molecule has 0 saturated heterocycles. The molecule has 0 saturated carbocycles. The van der Waals surface area contributed by atoms with Crippen LogP contribution in [0.25, 0.3) is 0 Å². The highest BCUT2D eigenvalue weighted by Crippen LogP contribution is 2.24. The van der Waals surface area contributed by atoms with Gasteiger partial charge in [-0.25, -0.2) is 4.68 Å². The van der Waals surface area contributed by atoms with Crippen molar-refractivity contribution in [1.29, 1.82) is 0 Å². The zero-order valence-electron chi connectivity index (χ0n) is 19.2. The molecule has 2 unspecified atom stereocenters. The molecular formula is C24H28N4O6. The predicted molar refractivity (Wildman–Crippen MR) is 124 cm³/mol. The maximum Gasteiger partial charge on any atom is 0.272 e. The SMILES string of the molecule is CC(C)(C)c1ccc(OCn2ccc(C(=O)NC(CO)C(O)c3ccc([N+](=O)[O-])cc3)n2)cc1. The number of aliphatic hydroxyl groups excluding tert-OH is 2. The summed E-state index contributed by atoms with van der Waals surface area (Å²) in [7, 11) is 0. The first kappa shape index (κ1) is 24.9. The first-order valence-corrected chi connectivity index (χ1v) is 10.7. The van der Waals surface area contributed by atoms with E-state index in [9.17, 15) is 25.1 Å². The lowest BCUT2D eigenvalue weighted by atomic mass is 9.87. The van der Waals surface area contributed by atoms with Gasteiger partial charge in [0, 0.05) is 18.3 Å².